The van der Waals surface area contributed by atoms with E-state index in [0.717, 1.165) is 23.8 Å². The zero-order valence-corrected chi connectivity index (χ0v) is 24.3. The summed E-state index contributed by atoms with van der Waals surface area (Å²) in [6, 6.07) is 5.69. The molecule has 3 heterocycles. The van der Waals surface area contributed by atoms with Crippen LogP contribution < -0.4 is 5.73 Å². The Balaban J connectivity index is 1.40. The number of nitrogens with two attached hydrogens (primary N) is 1. The lowest BCUT2D eigenvalue weighted by Crippen LogP contribution is -2.54. The number of pyridine rings is 2. The van der Waals surface area contributed by atoms with Crippen LogP contribution in [-0.2, 0) is 16.3 Å². The predicted molar refractivity (Wildman–Crippen MR) is 152 cm³/mol. The molecule has 1 saturated heterocycles. The summed E-state index contributed by atoms with van der Waals surface area (Å²) in [4.78, 5) is 21.6. The van der Waals surface area contributed by atoms with Gasteiger partial charge in [-0.3, -0.25) is 9.78 Å². The lowest BCUT2D eigenvalue weighted by Gasteiger charge is -2.44. The van der Waals surface area contributed by atoms with Crippen molar-refractivity contribution in [3.63, 3.8) is 0 Å². The Morgan fingerprint density at radius 1 is 1.05 bits per heavy atom. The second-order valence-electron chi connectivity index (χ2n) is 11.9. The van der Waals surface area contributed by atoms with Gasteiger partial charge in [0, 0.05) is 24.9 Å². The van der Waals surface area contributed by atoms with Crippen molar-refractivity contribution in [1.29, 1.82) is 0 Å². The van der Waals surface area contributed by atoms with Crippen LogP contribution in [0.3, 0.4) is 0 Å². The highest BCUT2D eigenvalue weighted by Crippen LogP contribution is 2.42. The Bertz CT molecular complexity index is 1580. The van der Waals surface area contributed by atoms with Gasteiger partial charge < -0.3 is 10.8 Å². The number of sulfone groups is 1. The molecule has 7 nitrogen and oxygen atoms in total. The summed E-state index contributed by atoms with van der Waals surface area (Å²) in [5.74, 6) is -4.09. The molecule has 2 fully saturated rings. The van der Waals surface area contributed by atoms with Crippen molar-refractivity contribution in [3.8, 4) is 11.3 Å². The van der Waals surface area contributed by atoms with E-state index in [1.165, 1.54) is 6.07 Å². The van der Waals surface area contributed by atoms with Gasteiger partial charge in [-0.15, -0.1) is 0 Å². The van der Waals surface area contributed by atoms with Gasteiger partial charge in [-0.05, 0) is 97.4 Å². The number of Topliss-reactive ketones (excluding diaryl/α,β-unsaturated/α-hetero) is 1. The third-order valence-electron chi connectivity index (χ3n) is 9.12. The first-order valence-corrected chi connectivity index (χ1v) is 15.9. The number of rotatable bonds is 6. The zero-order valence-electron chi connectivity index (χ0n) is 23.5. The van der Waals surface area contributed by atoms with Crippen molar-refractivity contribution in [2.45, 2.75) is 69.4 Å². The number of nitrogens with zero attached hydrogens (tertiary/aromatic N) is 2. The molecule has 1 aromatic carbocycles. The Morgan fingerprint density at radius 2 is 1.71 bits per heavy atom. The van der Waals surface area contributed by atoms with E-state index in [4.69, 9.17) is 5.73 Å². The van der Waals surface area contributed by atoms with E-state index in [9.17, 15) is 22.7 Å². The molecule has 0 unspecified atom stereocenters. The van der Waals surface area contributed by atoms with Gasteiger partial charge in [-0.25, -0.2) is 26.6 Å². The van der Waals surface area contributed by atoms with E-state index in [-0.39, 0.29) is 54.2 Å². The minimum atomic E-state index is -3.15. The van der Waals surface area contributed by atoms with Crippen LogP contribution in [-0.4, -0.2) is 52.4 Å². The van der Waals surface area contributed by atoms with Crippen molar-refractivity contribution in [2.75, 3.05) is 11.5 Å². The number of aliphatic hydroxyl groups is 1. The van der Waals surface area contributed by atoms with Gasteiger partial charge in [-0.1, -0.05) is 6.92 Å². The molecule has 1 saturated carbocycles. The van der Waals surface area contributed by atoms with Crippen LogP contribution in [0.15, 0.2) is 42.7 Å². The molecule has 4 atom stereocenters. The largest absolute Gasteiger partial charge is 0.388 e. The number of carbonyl (C=O) groups excluding carboxylic acids is 1. The van der Waals surface area contributed by atoms with E-state index >= 15 is 8.78 Å². The van der Waals surface area contributed by atoms with Gasteiger partial charge in [0.15, 0.2) is 5.78 Å². The fourth-order valence-electron chi connectivity index (χ4n) is 6.22. The summed E-state index contributed by atoms with van der Waals surface area (Å²) in [5, 5.41) is 10.7. The van der Waals surface area contributed by atoms with Crippen LogP contribution in [0, 0.1) is 23.4 Å². The molecule has 0 bridgehead atoms. The monoisotopic (exact) mass is 601 g/mol. The molecule has 224 valence electrons. The molecule has 3 N–H and O–H groups in total. The second-order valence-corrected chi connectivity index (χ2v) is 14.2. The first-order chi connectivity index (χ1) is 19.8. The van der Waals surface area contributed by atoms with Gasteiger partial charge >= 0.3 is 0 Å². The first-order valence-electron chi connectivity index (χ1n) is 14.1. The number of aromatic nitrogens is 2. The third-order valence-corrected chi connectivity index (χ3v) is 10.8. The van der Waals surface area contributed by atoms with Gasteiger partial charge in [0.2, 0.25) is 0 Å². The minimum absolute atomic E-state index is 0.0104. The average Bonchev–Trinajstić information content (AvgIpc) is 2.92. The SMILES string of the molecule is C[C@H]1C[C@@H](c2ccncc2CC(=O)c2ccc(F)c(-c3c(F)cc(C4CCS(=O)(=O)CC4)cc3F)n2)C[C@@H](N)[C@]1(C)O. The fourth-order valence-corrected chi connectivity index (χ4v) is 7.72. The molecule has 1 aliphatic heterocycles. The highest BCUT2D eigenvalue weighted by atomic mass is 32.2. The van der Waals surface area contributed by atoms with Crippen LogP contribution >= 0.6 is 0 Å². The summed E-state index contributed by atoms with van der Waals surface area (Å²) in [5.41, 5.74) is 5.64. The summed E-state index contributed by atoms with van der Waals surface area (Å²) in [6.45, 7) is 3.67. The zero-order chi connectivity index (χ0) is 30.4. The smallest absolute Gasteiger partial charge is 0.185 e. The van der Waals surface area contributed by atoms with E-state index < -0.39 is 56.0 Å². The highest BCUT2D eigenvalue weighted by Gasteiger charge is 2.42. The summed E-state index contributed by atoms with van der Waals surface area (Å²) < 4.78 is 68.9. The molecular formula is C31H34F3N3O4S. The molecule has 2 aromatic heterocycles. The van der Waals surface area contributed by atoms with Gasteiger partial charge in [0.05, 0.1) is 22.7 Å². The molecule has 0 spiro atoms. The third kappa shape index (κ3) is 6.00. The summed E-state index contributed by atoms with van der Waals surface area (Å²) in [7, 11) is -3.15. The van der Waals surface area contributed by atoms with Crippen LogP contribution in [0.2, 0.25) is 0 Å². The van der Waals surface area contributed by atoms with Crippen molar-refractivity contribution < 1.29 is 31.5 Å². The maximum absolute atomic E-state index is 15.3. The number of hydrogen-bond acceptors (Lipinski definition) is 7. The molecule has 42 heavy (non-hydrogen) atoms. The molecular weight excluding hydrogens is 567 g/mol. The maximum Gasteiger partial charge on any atom is 0.185 e. The number of ketones is 1. The Morgan fingerprint density at radius 3 is 2.36 bits per heavy atom. The number of benzene rings is 1. The summed E-state index contributed by atoms with van der Waals surface area (Å²) >= 11 is 0. The number of carbonyl (C=O) groups is 1. The quantitative estimate of drug-likeness (QED) is 0.387. The Labute approximate surface area is 243 Å². The minimum Gasteiger partial charge on any atom is -0.388 e. The topological polar surface area (TPSA) is 123 Å². The molecule has 0 amide bonds. The lowest BCUT2D eigenvalue weighted by molar-refractivity contribution is -0.0464. The van der Waals surface area contributed by atoms with Crippen molar-refractivity contribution >= 4 is 15.6 Å². The summed E-state index contributed by atoms with van der Waals surface area (Å²) in [6.07, 6.45) is 4.77. The van der Waals surface area contributed by atoms with Crippen LogP contribution in [0.25, 0.3) is 11.3 Å². The Kier molecular flexibility index (Phi) is 8.30. The van der Waals surface area contributed by atoms with Crippen molar-refractivity contribution in [2.24, 2.45) is 11.7 Å². The molecule has 3 aromatic rings. The average molecular weight is 602 g/mol. The van der Waals surface area contributed by atoms with E-state index in [0.29, 0.717) is 24.0 Å². The van der Waals surface area contributed by atoms with Gasteiger partial charge in [0.25, 0.3) is 0 Å². The van der Waals surface area contributed by atoms with Gasteiger partial charge in [-0.2, -0.15) is 0 Å². The molecule has 1 aliphatic carbocycles. The molecule has 5 rings (SSSR count). The maximum atomic E-state index is 15.3. The Hall–Kier alpha value is -3.15. The van der Waals surface area contributed by atoms with Crippen LogP contribution in [0.1, 0.15) is 78.5 Å². The lowest BCUT2D eigenvalue weighted by atomic mass is 9.67. The first kappa shape index (κ1) is 30.3. The standard InChI is InChI=1S/C31H34F3N3O4S/c1-17-11-20(15-28(35)31(17,2)39)22-5-8-36-16-21(22)14-27(38)26-4-3-23(32)30(37-26)29-24(33)12-19(13-25(29)34)18-6-9-42(40,41)10-7-18/h3-5,8,12-13,16-18,20,28,39H,6-7,9-11,14-15,35H2,1-2H3/t17-,20+,28+,31+/m0/s1. The fraction of sp³-hybridized carbons (Fsp3) is 0.452. The van der Waals surface area contributed by atoms with E-state index in [2.05, 4.69) is 9.97 Å². The number of halogens is 3. The van der Waals surface area contributed by atoms with Crippen molar-refractivity contribution in [1.82, 2.24) is 9.97 Å². The molecule has 2 aliphatic rings. The van der Waals surface area contributed by atoms with E-state index in [1.807, 2.05) is 13.0 Å². The normalized spacial score (nSPS) is 26.2. The predicted octanol–water partition coefficient (Wildman–Crippen LogP) is 4.87. The van der Waals surface area contributed by atoms with Crippen LogP contribution in [0.5, 0.6) is 0 Å². The number of hydrogen-bond donors (Lipinski definition) is 2. The van der Waals surface area contributed by atoms with Crippen LogP contribution in [0.4, 0.5) is 13.2 Å². The molecule has 0 radical (unpaired) electrons. The van der Waals surface area contributed by atoms with Gasteiger partial charge in [0.1, 0.15) is 38.7 Å². The highest BCUT2D eigenvalue weighted by molar-refractivity contribution is 7.91. The van der Waals surface area contributed by atoms with Crippen molar-refractivity contribution in [3.05, 3.63) is 82.6 Å². The van der Waals surface area contributed by atoms with E-state index in [1.54, 1.807) is 19.3 Å². The second kappa shape index (κ2) is 11.5. The molecule has 11 heteroatoms.